The SMILES string of the molecule is COc1ccc(C(=O)O/N=C\c2ccc(OCc3ccccc3)cc2)cc1. The number of benzene rings is 3. The number of nitrogens with zero attached hydrogens (tertiary/aromatic N) is 1. The molecule has 5 heteroatoms. The molecular formula is C22H19NO4. The minimum Gasteiger partial charge on any atom is -0.497 e. The second kappa shape index (κ2) is 9.20. The molecule has 0 unspecified atom stereocenters. The first-order chi connectivity index (χ1) is 13.2. The van der Waals surface area contributed by atoms with E-state index in [0.717, 1.165) is 16.9 Å². The molecule has 3 rings (SSSR count). The van der Waals surface area contributed by atoms with E-state index < -0.39 is 5.97 Å². The Hall–Kier alpha value is -3.60. The van der Waals surface area contributed by atoms with Crippen molar-refractivity contribution in [2.75, 3.05) is 7.11 Å². The number of rotatable bonds is 7. The summed E-state index contributed by atoms with van der Waals surface area (Å²) in [6, 6.07) is 23.9. The summed E-state index contributed by atoms with van der Waals surface area (Å²) in [5.41, 5.74) is 2.30. The monoisotopic (exact) mass is 361 g/mol. The van der Waals surface area contributed by atoms with Gasteiger partial charge < -0.3 is 14.3 Å². The van der Waals surface area contributed by atoms with Crippen molar-refractivity contribution in [1.82, 2.24) is 0 Å². The highest BCUT2D eigenvalue weighted by molar-refractivity contribution is 5.90. The lowest BCUT2D eigenvalue weighted by Gasteiger charge is -2.06. The van der Waals surface area contributed by atoms with E-state index in [4.69, 9.17) is 14.3 Å². The van der Waals surface area contributed by atoms with Crippen molar-refractivity contribution in [2.24, 2.45) is 5.16 Å². The summed E-state index contributed by atoms with van der Waals surface area (Å²) in [4.78, 5) is 16.8. The molecule has 27 heavy (non-hydrogen) atoms. The molecule has 0 saturated heterocycles. The van der Waals surface area contributed by atoms with Crippen LogP contribution >= 0.6 is 0 Å². The first kappa shape index (κ1) is 18.2. The van der Waals surface area contributed by atoms with Crippen LogP contribution in [0.25, 0.3) is 0 Å². The molecular weight excluding hydrogens is 342 g/mol. The largest absolute Gasteiger partial charge is 0.497 e. The normalized spacial score (nSPS) is 10.6. The van der Waals surface area contributed by atoms with Gasteiger partial charge in [-0.2, -0.15) is 0 Å². The summed E-state index contributed by atoms with van der Waals surface area (Å²) in [5.74, 6) is 0.896. The third-order valence-electron chi connectivity index (χ3n) is 3.79. The van der Waals surface area contributed by atoms with Crippen LogP contribution in [0.2, 0.25) is 0 Å². The van der Waals surface area contributed by atoms with Gasteiger partial charge in [0.25, 0.3) is 0 Å². The molecule has 0 spiro atoms. The highest BCUT2D eigenvalue weighted by Gasteiger charge is 2.06. The van der Waals surface area contributed by atoms with E-state index in [9.17, 15) is 4.79 Å². The maximum atomic E-state index is 11.9. The van der Waals surface area contributed by atoms with Gasteiger partial charge in [-0.1, -0.05) is 35.5 Å². The first-order valence-electron chi connectivity index (χ1n) is 8.40. The summed E-state index contributed by atoms with van der Waals surface area (Å²) in [6.07, 6.45) is 1.47. The van der Waals surface area contributed by atoms with Gasteiger partial charge in [-0.3, -0.25) is 0 Å². The van der Waals surface area contributed by atoms with Crippen LogP contribution in [0.1, 0.15) is 21.5 Å². The Labute approximate surface area is 157 Å². The second-order valence-electron chi connectivity index (χ2n) is 5.69. The fraction of sp³-hybridized carbons (Fsp3) is 0.0909. The molecule has 0 amide bonds. The van der Waals surface area contributed by atoms with Crippen LogP contribution in [-0.4, -0.2) is 19.3 Å². The summed E-state index contributed by atoms with van der Waals surface area (Å²) < 4.78 is 10.8. The van der Waals surface area contributed by atoms with Gasteiger partial charge >= 0.3 is 5.97 Å². The fourth-order valence-corrected chi connectivity index (χ4v) is 2.31. The van der Waals surface area contributed by atoms with Gasteiger partial charge in [0, 0.05) is 0 Å². The topological polar surface area (TPSA) is 57.1 Å². The molecule has 0 aromatic heterocycles. The van der Waals surface area contributed by atoms with Crippen molar-refractivity contribution in [3.8, 4) is 11.5 Å². The third kappa shape index (κ3) is 5.44. The number of hydrogen-bond acceptors (Lipinski definition) is 5. The number of carbonyl (C=O) groups is 1. The van der Waals surface area contributed by atoms with E-state index in [1.165, 1.54) is 6.21 Å². The van der Waals surface area contributed by atoms with Gasteiger partial charge in [-0.25, -0.2) is 4.79 Å². The van der Waals surface area contributed by atoms with Gasteiger partial charge in [0.05, 0.1) is 18.9 Å². The van der Waals surface area contributed by atoms with Crippen LogP contribution in [-0.2, 0) is 11.4 Å². The van der Waals surface area contributed by atoms with Crippen molar-refractivity contribution in [3.63, 3.8) is 0 Å². The van der Waals surface area contributed by atoms with Crippen LogP contribution in [0.15, 0.2) is 84.0 Å². The first-order valence-corrected chi connectivity index (χ1v) is 8.40. The zero-order valence-corrected chi connectivity index (χ0v) is 14.9. The van der Waals surface area contributed by atoms with Crippen molar-refractivity contribution >= 4 is 12.2 Å². The number of oxime groups is 1. The van der Waals surface area contributed by atoms with E-state index >= 15 is 0 Å². The van der Waals surface area contributed by atoms with E-state index in [1.807, 2.05) is 54.6 Å². The Bertz CT molecular complexity index is 888. The Morgan fingerprint density at radius 1 is 0.889 bits per heavy atom. The lowest BCUT2D eigenvalue weighted by atomic mass is 10.2. The van der Waals surface area contributed by atoms with Crippen molar-refractivity contribution in [1.29, 1.82) is 0 Å². The third-order valence-corrected chi connectivity index (χ3v) is 3.79. The number of ether oxygens (including phenoxy) is 2. The molecule has 0 heterocycles. The summed E-state index contributed by atoms with van der Waals surface area (Å²) >= 11 is 0. The Morgan fingerprint density at radius 2 is 1.56 bits per heavy atom. The fourth-order valence-electron chi connectivity index (χ4n) is 2.31. The number of methoxy groups -OCH3 is 1. The Balaban J connectivity index is 1.50. The highest BCUT2D eigenvalue weighted by Crippen LogP contribution is 2.14. The van der Waals surface area contributed by atoms with Crippen LogP contribution in [0.3, 0.4) is 0 Å². The molecule has 0 N–H and O–H groups in total. The molecule has 0 bridgehead atoms. The van der Waals surface area contributed by atoms with Gasteiger partial charge in [0.1, 0.15) is 18.1 Å². The molecule has 0 aliphatic heterocycles. The summed E-state index contributed by atoms with van der Waals surface area (Å²) in [6.45, 7) is 0.508. The molecule has 0 aliphatic rings. The molecule has 0 saturated carbocycles. The van der Waals surface area contributed by atoms with Crippen LogP contribution in [0, 0.1) is 0 Å². The van der Waals surface area contributed by atoms with Gasteiger partial charge in [0.15, 0.2) is 0 Å². The van der Waals surface area contributed by atoms with E-state index in [0.29, 0.717) is 17.9 Å². The van der Waals surface area contributed by atoms with Crippen LogP contribution in [0.5, 0.6) is 11.5 Å². The van der Waals surface area contributed by atoms with E-state index in [-0.39, 0.29) is 0 Å². The minimum atomic E-state index is -0.531. The predicted molar refractivity (Wildman–Crippen MR) is 103 cm³/mol. The molecule has 0 aliphatic carbocycles. The second-order valence-corrected chi connectivity index (χ2v) is 5.69. The van der Waals surface area contributed by atoms with Crippen LogP contribution < -0.4 is 9.47 Å². The smallest absolute Gasteiger partial charge is 0.365 e. The average molecular weight is 361 g/mol. The van der Waals surface area contributed by atoms with Crippen LogP contribution in [0.4, 0.5) is 0 Å². The molecule has 3 aromatic rings. The van der Waals surface area contributed by atoms with Crippen molar-refractivity contribution < 1.29 is 19.1 Å². The van der Waals surface area contributed by atoms with Crippen molar-refractivity contribution in [2.45, 2.75) is 6.61 Å². The molecule has 5 nitrogen and oxygen atoms in total. The number of carbonyl (C=O) groups excluding carboxylic acids is 1. The standard InChI is InChI=1S/C22H19NO4/c1-25-20-13-9-19(10-14-20)22(24)27-23-15-17-7-11-21(12-8-17)26-16-18-5-3-2-4-6-18/h2-15H,16H2,1H3/b23-15-. The Morgan fingerprint density at radius 3 is 2.22 bits per heavy atom. The van der Waals surface area contributed by atoms with E-state index in [1.54, 1.807) is 31.4 Å². The highest BCUT2D eigenvalue weighted by atomic mass is 16.7. The quantitative estimate of drug-likeness (QED) is 0.354. The maximum Gasteiger partial charge on any atom is 0.365 e. The van der Waals surface area contributed by atoms with Gasteiger partial charge in [-0.05, 0) is 59.7 Å². The zero-order valence-electron chi connectivity index (χ0n) is 14.9. The molecule has 3 aromatic carbocycles. The summed E-state index contributed by atoms with van der Waals surface area (Å²) in [5, 5.41) is 3.74. The predicted octanol–water partition coefficient (Wildman–Crippen LogP) is 4.47. The average Bonchev–Trinajstić information content (AvgIpc) is 2.74. The lowest BCUT2D eigenvalue weighted by Crippen LogP contribution is -2.01. The van der Waals surface area contributed by atoms with E-state index in [2.05, 4.69) is 5.16 Å². The molecule has 0 atom stereocenters. The minimum absolute atomic E-state index is 0.401. The zero-order chi connectivity index (χ0) is 18.9. The van der Waals surface area contributed by atoms with Gasteiger partial charge in [-0.15, -0.1) is 0 Å². The Kier molecular flexibility index (Phi) is 6.20. The van der Waals surface area contributed by atoms with Gasteiger partial charge in [0.2, 0.25) is 0 Å². The number of hydrogen-bond donors (Lipinski definition) is 0. The lowest BCUT2D eigenvalue weighted by molar-refractivity contribution is 0.0519. The molecule has 136 valence electrons. The summed E-state index contributed by atoms with van der Waals surface area (Å²) in [7, 11) is 1.57. The molecule has 0 fully saturated rings. The van der Waals surface area contributed by atoms with Crippen molar-refractivity contribution in [3.05, 3.63) is 95.6 Å². The molecule has 0 radical (unpaired) electrons. The maximum absolute atomic E-state index is 11.9.